The predicted octanol–water partition coefficient (Wildman–Crippen LogP) is 18.7. The molecule has 2 aromatic heterocycles. The molecule has 0 amide bonds. The molecule has 0 unspecified atom stereocenters. The third-order valence-corrected chi connectivity index (χ3v) is 14.1. The van der Waals surface area contributed by atoms with Crippen molar-refractivity contribution in [1.82, 2.24) is 14.5 Å². The second kappa shape index (κ2) is 20.6. The van der Waals surface area contributed by atoms with Gasteiger partial charge in [-0.25, -0.2) is 4.98 Å². The average Bonchev–Trinajstić information content (AvgIpc) is 3.81. The molecular formula is C69H66N3OPt-. The number of aromatic nitrogens is 3. The molecule has 0 aliphatic rings. The minimum Gasteiger partial charge on any atom is -0.507 e. The molecule has 4 nitrogen and oxygen atoms in total. The van der Waals surface area contributed by atoms with Crippen LogP contribution < -0.4 is 0 Å². The van der Waals surface area contributed by atoms with E-state index in [1.54, 1.807) is 6.07 Å². The Hall–Kier alpha value is -7.13. The van der Waals surface area contributed by atoms with Gasteiger partial charge in [0.05, 0.1) is 22.3 Å². The molecule has 74 heavy (non-hydrogen) atoms. The number of rotatable bonds is 10. The van der Waals surface area contributed by atoms with E-state index in [9.17, 15) is 9.22 Å². The van der Waals surface area contributed by atoms with Crippen molar-refractivity contribution in [3.8, 4) is 89.7 Å². The molecule has 0 aliphatic carbocycles. The number of phenols is 1. The molecule has 0 saturated heterocycles. The second-order valence-corrected chi connectivity index (χ2v) is 22.0. The fourth-order valence-corrected chi connectivity index (χ4v) is 9.80. The summed E-state index contributed by atoms with van der Waals surface area (Å²) in [6.45, 7) is 18.2. The van der Waals surface area contributed by atoms with Gasteiger partial charge in [0, 0.05) is 44.0 Å². The Bertz CT molecular complexity index is 3820. The van der Waals surface area contributed by atoms with Crippen LogP contribution in [0.4, 0.5) is 0 Å². The molecule has 0 radical (unpaired) electrons. The second-order valence-electron chi connectivity index (χ2n) is 22.0. The summed E-state index contributed by atoms with van der Waals surface area (Å²) in [5, 5.41) is 12.6. The van der Waals surface area contributed by atoms with Crippen molar-refractivity contribution in [1.29, 1.82) is 0 Å². The number of aryl methyl sites for hydroxylation is 1. The van der Waals surface area contributed by atoms with E-state index < -0.39 is 18.2 Å². The van der Waals surface area contributed by atoms with Crippen molar-refractivity contribution >= 4 is 11.0 Å². The van der Waals surface area contributed by atoms with Crippen LogP contribution in [0.5, 0.6) is 5.75 Å². The standard InChI is InChI=1S/C69H66N3O.Pt/c1-43(2)52-34-53(44(3)4)36-55(35-52)50-29-30-63(45(5)33-50)72-64-24-18-23-59(65(64)71-67(72)60-41-58(68(6,7)8)42-61(66(60)73)69(9,10)11)56-37-54(47-21-16-13-17-22-47)38-57(39-56)62-40-51(31-32-70-62)49-27-25-48(26-28-49)46-19-14-12-15-20-46;/h12-38,40-44,73H,1-11H3;/q-1;/i5D3,43D;. The van der Waals surface area contributed by atoms with Crippen LogP contribution in [0.15, 0.2) is 182 Å². The summed E-state index contributed by atoms with van der Waals surface area (Å²) >= 11 is 0. The number of imidazole rings is 1. The van der Waals surface area contributed by atoms with Crippen molar-refractivity contribution < 1.29 is 31.7 Å². The van der Waals surface area contributed by atoms with Crippen LogP contribution in [-0.2, 0) is 31.9 Å². The Kier molecular flexibility index (Phi) is 13.0. The number of phenolic OH excluding ortho intramolecular Hbond substituents is 1. The number of nitrogens with zero attached hydrogens (tertiary/aromatic N) is 3. The van der Waals surface area contributed by atoms with Crippen molar-refractivity contribution in [3.05, 3.63) is 216 Å². The fraction of sp³-hybridized carbons (Fsp3) is 0.217. The number of para-hydroxylation sites is 1. The average molecular weight is 1150 g/mol. The van der Waals surface area contributed by atoms with Gasteiger partial charge in [-0.05, 0) is 121 Å². The van der Waals surface area contributed by atoms with Crippen molar-refractivity contribution in [2.24, 2.45) is 0 Å². The Morgan fingerprint density at radius 1 is 0.554 bits per heavy atom. The first-order chi connectivity index (χ1) is 36.4. The zero-order valence-electron chi connectivity index (χ0n) is 48.0. The first-order valence-electron chi connectivity index (χ1n) is 27.4. The zero-order valence-corrected chi connectivity index (χ0v) is 46.3. The van der Waals surface area contributed by atoms with Crippen LogP contribution in [0.3, 0.4) is 0 Å². The van der Waals surface area contributed by atoms with Crippen LogP contribution in [0.1, 0.15) is 114 Å². The van der Waals surface area contributed by atoms with Crippen LogP contribution in [0.2, 0.25) is 0 Å². The van der Waals surface area contributed by atoms with Gasteiger partial charge in [0.1, 0.15) is 11.6 Å². The molecule has 374 valence electrons. The molecule has 10 rings (SSSR count). The van der Waals surface area contributed by atoms with E-state index in [2.05, 4.69) is 159 Å². The van der Waals surface area contributed by atoms with Gasteiger partial charge >= 0.3 is 0 Å². The molecule has 0 saturated carbocycles. The fourth-order valence-electron chi connectivity index (χ4n) is 9.80. The minimum absolute atomic E-state index is 0. The molecule has 8 aromatic carbocycles. The summed E-state index contributed by atoms with van der Waals surface area (Å²) in [7, 11) is 0. The van der Waals surface area contributed by atoms with E-state index in [1.165, 1.54) is 0 Å². The van der Waals surface area contributed by atoms with Gasteiger partial charge in [0.15, 0.2) is 0 Å². The van der Waals surface area contributed by atoms with E-state index in [1.807, 2.05) is 97.4 Å². The van der Waals surface area contributed by atoms with E-state index >= 15 is 0 Å². The van der Waals surface area contributed by atoms with Crippen molar-refractivity contribution in [3.63, 3.8) is 0 Å². The summed E-state index contributed by atoms with van der Waals surface area (Å²) in [5.74, 6) is -0.189. The first-order valence-corrected chi connectivity index (χ1v) is 25.4. The van der Waals surface area contributed by atoms with E-state index in [4.69, 9.17) is 11.3 Å². The van der Waals surface area contributed by atoms with Crippen molar-refractivity contribution in [2.75, 3.05) is 0 Å². The van der Waals surface area contributed by atoms with Gasteiger partial charge in [-0.1, -0.05) is 219 Å². The molecule has 0 atom stereocenters. The quantitative estimate of drug-likeness (QED) is 0.139. The Morgan fingerprint density at radius 2 is 1.15 bits per heavy atom. The van der Waals surface area contributed by atoms with Gasteiger partial charge in [-0.3, -0.25) is 9.55 Å². The topological polar surface area (TPSA) is 50.9 Å². The number of hydrogen-bond donors (Lipinski definition) is 1. The van der Waals surface area contributed by atoms with E-state index in [0.717, 1.165) is 89.1 Å². The zero-order chi connectivity index (χ0) is 54.8. The number of benzene rings is 8. The summed E-state index contributed by atoms with van der Waals surface area (Å²) in [5.41, 5.74) is 16.3. The molecule has 1 N–H and O–H groups in total. The predicted molar refractivity (Wildman–Crippen MR) is 308 cm³/mol. The summed E-state index contributed by atoms with van der Waals surface area (Å²) in [6, 6.07) is 63.4. The Balaban J connectivity index is 0.00000740. The number of aromatic hydroxyl groups is 1. The molecule has 0 spiro atoms. The SMILES string of the molecule is [2H]C([2H])([2H])c1cc(-c2cc(C(C)C)cc(C([2H])(C)C)c2)ccc1-n1c(-c2cc(C(C)(C)C)cc(C(C)(C)C)c2O)nc2c(-c3[c-]c(-c4cc(-c5ccc(-c6ccccc6)cc5)ccn4)cc(-c4ccccc4)c3)cccc21.[Pt]. The van der Waals surface area contributed by atoms with Gasteiger partial charge in [0.25, 0.3) is 0 Å². The molecule has 0 aliphatic heterocycles. The maximum absolute atomic E-state index is 12.6. The monoisotopic (exact) mass is 1150 g/mol. The third kappa shape index (κ3) is 10.4. The van der Waals surface area contributed by atoms with Crippen molar-refractivity contribution in [2.45, 2.75) is 98.7 Å². The Morgan fingerprint density at radius 3 is 1.78 bits per heavy atom. The number of hydrogen-bond acceptors (Lipinski definition) is 3. The maximum atomic E-state index is 12.6. The first kappa shape index (κ1) is 46.6. The van der Waals surface area contributed by atoms with Crippen LogP contribution in [0, 0.1) is 12.9 Å². The summed E-state index contributed by atoms with van der Waals surface area (Å²) in [6.07, 6.45) is 1.85. The van der Waals surface area contributed by atoms with Gasteiger partial charge in [-0.2, -0.15) is 0 Å². The third-order valence-electron chi connectivity index (χ3n) is 14.1. The summed E-state index contributed by atoms with van der Waals surface area (Å²) in [4.78, 5) is 10.5. The van der Waals surface area contributed by atoms with Gasteiger partial charge in [0.2, 0.25) is 0 Å². The van der Waals surface area contributed by atoms with Crippen LogP contribution in [0.25, 0.3) is 95.0 Å². The van der Waals surface area contributed by atoms with Crippen LogP contribution >= 0.6 is 0 Å². The maximum Gasteiger partial charge on any atom is 0.148 e. The van der Waals surface area contributed by atoms with Gasteiger partial charge in [-0.15, -0.1) is 23.8 Å². The molecule has 0 bridgehead atoms. The van der Waals surface area contributed by atoms with E-state index in [-0.39, 0.29) is 43.7 Å². The summed E-state index contributed by atoms with van der Waals surface area (Å²) < 4.78 is 38.5. The molecule has 5 heteroatoms. The Labute approximate surface area is 459 Å². The molecule has 10 aromatic rings. The number of pyridine rings is 1. The number of fused-ring (bicyclic) bond motifs is 1. The molecule has 2 heterocycles. The minimum atomic E-state index is -2.58. The molecule has 0 fully saturated rings. The largest absolute Gasteiger partial charge is 0.507 e. The van der Waals surface area contributed by atoms with E-state index in [0.29, 0.717) is 28.1 Å². The smallest absolute Gasteiger partial charge is 0.148 e. The molecular weight excluding hydrogens is 1080 g/mol. The normalized spacial score (nSPS) is 13.0. The van der Waals surface area contributed by atoms with Crippen LogP contribution in [-0.4, -0.2) is 19.6 Å². The van der Waals surface area contributed by atoms with Gasteiger partial charge < -0.3 is 5.11 Å².